The van der Waals surface area contributed by atoms with Gasteiger partial charge in [-0.1, -0.05) is 27.5 Å². The van der Waals surface area contributed by atoms with Gasteiger partial charge in [0.2, 0.25) is 0 Å². The summed E-state index contributed by atoms with van der Waals surface area (Å²) < 4.78 is 6.85. The van der Waals surface area contributed by atoms with E-state index in [0.29, 0.717) is 19.9 Å². The van der Waals surface area contributed by atoms with E-state index in [0.717, 1.165) is 10.0 Å². The third-order valence-electron chi connectivity index (χ3n) is 2.95. The number of phenolic OH excluding ortho intramolecular Hbond substituents is 1. The summed E-state index contributed by atoms with van der Waals surface area (Å²) in [5.74, 6) is 0.239. The fourth-order valence-corrected chi connectivity index (χ4v) is 3.41. The van der Waals surface area contributed by atoms with Gasteiger partial charge in [0.25, 0.3) is 5.91 Å². The highest BCUT2D eigenvalue weighted by atomic mass is 127. The molecule has 2 rings (SSSR count). The van der Waals surface area contributed by atoms with Gasteiger partial charge in [-0.15, -0.1) is 0 Å². The number of hydrazone groups is 1. The summed E-state index contributed by atoms with van der Waals surface area (Å²) in [6, 6.07) is 8.61. The number of phenols is 1. The van der Waals surface area contributed by atoms with Gasteiger partial charge in [0.1, 0.15) is 11.5 Å². The number of carbonyl (C=O) groups is 1. The second-order valence-electron chi connectivity index (χ2n) is 4.82. The van der Waals surface area contributed by atoms with Crippen LogP contribution in [0, 0.1) is 10.5 Å². The van der Waals surface area contributed by atoms with Crippen LogP contribution in [0.1, 0.15) is 11.1 Å². The van der Waals surface area contributed by atoms with Gasteiger partial charge < -0.3 is 9.84 Å². The average Bonchev–Trinajstić information content (AvgIpc) is 2.53. The molecule has 0 saturated carbocycles. The lowest BCUT2D eigenvalue weighted by atomic mass is 10.2. The molecule has 5 nitrogen and oxygen atoms in total. The first-order valence-electron chi connectivity index (χ1n) is 6.75. The molecule has 0 bridgehead atoms. The minimum Gasteiger partial charge on any atom is -0.506 e. The van der Waals surface area contributed by atoms with E-state index in [1.165, 1.54) is 6.21 Å². The van der Waals surface area contributed by atoms with E-state index in [9.17, 15) is 9.90 Å². The first kappa shape index (κ1) is 19.0. The van der Waals surface area contributed by atoms with Crippen molar-refractivity contribution in [3.8, 4) is 11.5 Å². The minimum atomic E-state index is -0.414. The number of aryl methyl sites for hydroxylation is 1. The highest BCUT2D eigenvalue weighted by Crippen LogP contribution is 2.27. The standard InChI is InChI=1S/C16H13BrClIN2O3/c1-9-4-12(2-3-13(9)18)24-8-15(22)21-20-7-10-5-11(17)6-14(19)16(10)23/h2-7,23H,8H2,1H3,(H,21,22). The number of ether oxygens (including phenoxy) is 1. The molecule has 2 aromatic carbocycles. The first-order valence-corrected chi connectivity index (χ1v) is 9.00. The molecule has 0 saturated heterocycles. The molecule has 0 heterocycles. The molecular weight excluding hydrogens is 510 g/mol. The zero-order valence-electron chi connectivity index (χ0n) is 12.5. The molecule has 1 amide bonds. The third-order valence-corrected chi connectivity index (χ3v) is 4.65. The smallest absolute Gasteiger partial charge is 0.277 e. The van der Waals surface area contributed by atoms with Gasteiger partial charge in [-0.2, -0.15) is 5.10 Å². The van der Waals surface area contributed by atoms with Crippen molar-refractivity contribution >= 4 is 62.2 Å². The summed E-state index contributed by atoms with van der Waals surface area (Å²) in [6.07, 6.45) is 1.37. The highest BCUT2D eigenvalue weighted by molar-refractivity contribution is 14.1. The van der Waals surface area contributed by atoms with Crippen LogP contribution in [0.2, 0.25) is 5.02 Å². The Morgan fingerprint density at radius 2 is 2.21 bits per heavy atom. The van der Waals surface area contributed by atoms with Gasteiger partial charge in [-0.3, -0.25) is 4.79 Å². The number of hydrogen-bond acceptors (Lipinski definition) is 4. The lowest BCUT2D eigenvalue weighted by Crippen LogP contribution is -2.24. The largest absolute Gasteiger partial charge is 0.506 e. The Bertz CT molecular complexity index is 799. The van der Waals surface area contributed by atoms with Gasteiger partial charge in [0.05, 0.1) is 9.78 Å². The van der Waals surface area contributed by atoms with Crippen LogP contribution in [0.25, 0.3) is 0 Å². The van der Waals surface area contributed by atoms with E-state index in [4.69, 9.17) is 16.3 Å². The zero-order chi connectivity index (χ0) is 17.7. The van der Waals surface area contributed by atoms with E-state index >= 15 is 0 Å². The number of carbonyl (C=O) groups excluding carboxylic acids is 1. The van der Waals surface area contributed by atoms with Gasteiger partial charge >= 0.3 is 0 Å². The van der Waals surface area contributed by atoms with Crippen LogP contribution >= 0.6 is 50.1 Å². The van der Waals surface area contributed by atoms with Crippen molar-refractivity contribution in [3.05, 3.63) is 54.5 Å². The predicted molar refractivity (Wildman–Crippen MR) is 106 cm³/mol. The second kappa shape index (κ2) is 8.68. The van der Waals surface area contributed by atoms with Crippen LogP contribution in [0.3, 0.4) is 0 Å². The van der Waals surface area contributed by atoms with E-state index in [-0.39, 0.29) is 12.4 Å². The average molecular weight is 524 g/mol. The summed E-state index contributed by atoms with van der Waals surface area (Å²) in [5.41, 5.74) is 3.70. The SMILES string of the molecule is Cc1cc(OCC(=O)NN=Cc2cc(Br)cc(I)c2O)ccc1Cl. The number of benzene rings is 2. The fourth-order valence-electron chi connectivity index (χ4n) is 1.75. The molecule has 0 aliphatic rings. The molecule has 0 atom stereocenters. The van der Waals surface area contributed by atoms with Crippen LogP contribution in [0.15, 0.2) is 39.9 Å². The van der Waals surface area contributed by atoms with Gasteiger partial charge in [0.15, 0.2) is 6.61 Å². The number of aromatic hydroxyl groups is 1. The van der Waals surface area contributed by atoms with Crippen molar-refractivity contribution in [1.29, 1.82) is 0 Å². The Labute approximate surface area is 166 Å². The molecule has 0 aromatic heterocycles. The fraction of sp³-hybridized carbons (Fsp3) is 0.125. The zero-order valence-corrected chi connectivity index (χ0v) is 17.0. The second-order valence-corrected chi connectivity index (χ2v) is 7.30. The quantitative estimate of drug-likeness (QED) is 0.350. The number of hydrogen-bond donors (Lipinski definition) is 2. The van der Waals surface area contributed by atoms with Crippen LogP contribution in [0.5, 0.6) is 11.5 Å². The Morgan fingerprint density at radius 3 is 2.92 bits per heavy atom. The topological polar surface area (TPSA) is 70.9 Å². The van der Waals surface area contributed by atoms with Crippen molar-refractivity contribution in [1.82, 2.24) is 5.43 Å². The van der Waals surface area contributed by atoms with Crippen molar-refractivity contribution in [2.45, 2.75) is 6.92 Å². The molecule has 24 heavy (non-hydrogen) atoms. The van der Waals surface area contributed by atoms with E-state index < -0.39 is 5.91 Å². The van der Waals surface area contributed by atoms with E-state index in [2.05, 4.69) is 26.5 Å². The molecule has 8 heteroatoms. The Morgan fingerprint density at radius 1 is 1.46 bits per heavy atom. The highest BCUT2D eigenvalue weighted by Gasteiger charge is 2.06. The molecule has 0 unspecified atom stereocenters. The van der Waals surface area contributed by atoms with Crippen LogP contribution < -0.4 is 10.2 Å². The molecule has 0 fully saturated rings. The van der Waals surface area contributed by atoms with Crippen molar-refractivity contribution in [2.24, 2.45) is 5.10 Å². The van der Waals surface area contributed by atoms with Gasteiger partial charge in [0, 0.05) is 15.1 Å². The number of amides is 1. The number of rotatable bonds is 5. The van der Waals surface area contributed by atoms with Crippen molar-refractivity contribution in [3.63, 3.8) is 0 Å². The molecule has 0 aliphatic carbocycles. The maximum absolute atomic E-state index is 11.7. The molecule has 2 N–H and O–H groups in total. The third kappa shape index (κ3) is 5.35. The lowest BCUT2D eigenvalue weighted by Gasteiger charge is -2.07. The van der Waals surface area contributed by atoms with Gasteiger partial charge in [-0.25, -0.2) is 5.43 Å². The lowest BCUT2D eigenvalue weighted by molar-refractivity contribution is -0.123. The van der Waals surface area contributed by atoms with Crippen molar-refractivity contribution in [2.75, 3.05) is 6.61 Å². The Kier molecular flexibility index (Phi) is 6.88. The molecule has 2 aromatic rings. The normalized spacial score (nSPS) is 10.8. The molecular formula is C16H13BrClIN2O3. The molecule has 0 aliphatic heterocycles. The van der Waals surface area contributed by atoms with Crippen LogP contribution in [0.4, 0.5) is 0 Å². The summed E-state index contributed by atoms with van der Waals surface area (Å²) in [5, 5.41) is 14.4. The maximum atomic E-state index is 11.7. The number of halogens is 3. The van der Waals surface area contributed by atoms with Crippen LogP contribution in [-0.2, 0) is 4.79 Å². The minimum absolute atomic E-state index is 0.102. The summed E-state index contributed by atoms with van der Waals surface area (Å²) in [6.45, 7) is 1.67. The molecule has 126 valence electrons. The monoisotopic (exact) mass is 522 g/mol. The summed E-state index contributed by atoms with van der Waals surface area (Å²) in [4.78, 5) is 11.7. The first-order chi connectivity index (χ1) is 11.4. The van der Waals surface area contributed by atoms with E-state index in [1.54, 1.807) is 30.3 Å². The Balaban J connectivity index is 1.90. The van der Waals surface area contributed by atoms with Crippen LogP contribution in [-0.4, -0.2) is 23.8 Å². The van der Waals surface area contributed by atoms with Gasteiger partial charge in [-0.05, 0) is 65.4 Å². The summed E-state index contributed by atoms with van der Waals surface area (Å²) in [7, 11) is 0. The van der Waals surface area contributed by atoms with E-state index in [1.807, 2.05) is 29.5 Å². The molecule has 0 radical (unpaired) electrons. The van der Waals surface area contributed by atoms with Crippen molar-refractivity contribution < 1.29 is 14.6 Å². The maximum Gasteiger partial charge on any atom is 0.277 e. The number of nitrogens with one attached hydrogen (secondary N) is 1. The Hall–Kier alpha value is -1.32. The summed E-state index contributed by atoms with van der Waals surface area (Å²) >= 11 is 11.3. The molecule has 0 spiro atoms. The number of nitrogens with zero attached hydrogens (tertiary/aromatic N) is 1. The predicted octanol–water partition coefficient (Wildman–Crippen LogP) is 4.25.